The van der Waals surface area contributed by atoms with Crippen LogP contribution in [-0.2, 0) is 4.74 Å². The van der Waals surface area contributed by atoms with E-state index in [0.717, 1.165) is 44.1 Å². The van der Waals surface area contributed by atoms with Crippen molar-refractivity contribution < 1.29 is 4.74 Å². The number of ether oxygens (including phenoxy) is 1. The first-order chi connectivity index (χ1) is 8.16. The summed E-state index contributed by atoms with van der Waals surface area (Å²) in [6, 6.07) is 0. The molecule has 0 spiro atoms. The Labute approximate surface area is 113 Å². The second-order valence-corrected chi connectivity index (χ2v) is 9.00. The molecular weight excluding hydrogens is 275 g/mol. The minimum atomic E-state index is 0.625. The summed E-state index contributed by atoms with van der Waals surface area (Å²) in [6.45, 7) is 8.33. The average Bonchev–Trinajstić information content (AvgIpc) is 2.78. The number of hydrogen-bond donors (Lipinski definition) is 0. The Kier molecular flexibility index (Phi) is 5.39. The van der Waals surface area contributed by atoms with E-state index in [1.54, 1.807) is 0 Å². The van der Waals surface area contributed by atoms with E-state index >= 15 is 0 Å². The average molecular weight is 303 g/mol. The van der Waals surface area contributed by atoms with E-state index in [1.165, 1.54) is 37.4 Å². The van der Waals surface area contributed by atoms with Crippen LogP contribution in [0, 0.1) is 17.8 Å². The standard InChI is InChI=1S/C15H28OSe/c1-11(2)14-7-6-12(3)9-15(14)17-10-13-5-4-8-16-13/h11-15H,4-10H2,1-3H3/t12-,13?,14+,15+/m1/s1. The molecule has 1 unspecified atom stereocenters. The van der Waals surface area contributed by atoms with Crippen LogP contribution in [0.5, 0.6) is 0 Å². The van der Waals surface area contributed by atoms with Gasteiger partial charge in [-0.15, -0.1) is 0 Å². The molecule has 100 valence electrons. The van der Waals surface area contributed by atoms with Crippen LogP contribution >= 0.6 is 0 Å². The Hall–Kier alpha value is 0.479. The fourth-order valence-electron chi connectivity index (χ4n) is 3.31. The van der Waals surface area contributed by atoms with Crippen molar-refractivity contribution in [3.05, 3.63) is 0 Å². The quantitative estimate of drug-likeness (QED) is 0.708. The second kappa shape index (κ2) is 6.59. The molecule has 2 fully saturated rings. The molecule has 2 aliphatic rings. The SMILES string of the molecule is CC(C)[C@@H]1CC[C@@H](C)C[C@@H]1[Se]CC1CCCO1. The van der Waals surface area contributed by atoms with Crippen LogP contribution in [0.2, 0.25) is 10.1 Å². The van der Waals surface area contributed by atoms with Gasteiger partial charge in [0.15, 0.2) is 0 Å². The first-order valence-corrected chi connectivity index (χ1v) is 9.60. The summed E-state index contributed by atoms with van der Waals surface area (Å²) in [5.41, 5.74) is 0. The molecule has 2 rings (SSSR count). The number of rotatable bonds is 4. The summed E-state index contributed by atoms with van der Waals surface area (Å²) in [5.74, 6) is 2.87. The summed E-state index contributed by atoms with van der Waals surface area (Å²) < 4.78 is 5.78. The van der Waals surface area contributed by atoms with Gasteiger partial charge in [-0.1, -0.05) is 0 Å². The van der Waals surface area contributed by atoms with E-state index < -0.39 is 0 Å². The maximum atomic E-state index is 5.78. The van der Waals surface area contributed by atoms with Crippen LogP contribution in [0.25, 0.3) is 0 Å². The summed E-state index contributed by atoms with van der Waals surface area (Å²) in [6.07, 6.45) is 7.70. The number of hydrogen-bond acceptors (Lipinski definition) is 1. The van der Waals surface area contributed by atoms with Crippen LogP contribution < -0.4 is 0 Å². The molecule has 1 nitrogen and oxygen atoms in total. The van der Waals surface area contributed by atoms with Crippen LogP contribution in [0.15, 0.2) is 0 Å². The van der Waals surface area contributed by atoms with Gasteiger partial charge in [0.05, 0.1) is 0 Å². The van der Waals surface area contributed by atoms with Gasteiger partial charge in [0.25, 0.3) is 0 Å². The first-order valence-electron chi connectivity index (χ1n) is 7.40. The van der Waals surface area contributed by atoms with Crippen molar-refractivity contribution in [3.8, 4) is 0 Å². The van der Waals surface area contributed by atoms with Gasteiger partial charge >= 0.3 is 113 Å². The van der Waals surface area contributed by atoms with E-state index in [0.29, 0.717) is 6.10 Å². The molecule has 0 radical (unpaired) electrons. The monoisotopic (exact) mass is 304 g/mol. The molecule has 0 aromatic rings. The molecule has 4 atom stereocenters. The van der Waals surface area contributed by atoms with Crippen LogP contribution in [0.4, 0.5) is 0 Å². The summed E-state index contributed by atoms with van der Waals surface area (Å²) in [4.78, 5) is 1.04. The summed E-state index contributed by atoms with van der Waals surface area (Å²) in [5, 5.41) is 1.38. The van der Waals surface area contributed by atoms with Gasteiger partial charge in [-0.05, 0) is 0 Å². The molecule has 1 aliphatic heterocycles. The molecular formula is C15H28OSe. The fraction of sp³-hybridized carbons (Fsp3) is 1.00. The molecule has 0 amide bonds. The van der Waals surface area contributed by atoms with E-state index in [1.807, 2.05) is 0 Å². The van der Waals surface area contributed by atoms with Crippen molar-refractivity contribution in [2.45, 2.75) is 69.1 Å². The van der Waals surface area contributed by atoms with Gasteiger partial charge in [-0.3, -0.25) is 0 Å². The van der Waals surface area contributed by atoms with Gasteiger partial charge in [0, 0.05) is 0 Å². The molecule has 1 heterocycles. The van der Waals surface area contributed by atoms with E-state index in [4.69, 9.17) is 4.74 Å². The van der Waals surface area contributed by atoms with E-state index in [9.17, 15) is 0 Å². The summed E-state index contributed by atoms with van der Waals surface area (Å²) in [7, 11) is 0. The third kappa shape index (κ3) is 3.98. The predicted molar refractivity (Wildman–Crippen MR) is 74.6 cm³/mol. The van der Waals surface area contributed by atoms with Gasteiger partial charge in [0.2, 0.25) is 0 Å². The van der Waals surface area contributed by atoms with Crippen LogP contribution in [-0.4, -0.2) is 27.7 Å². The Balaban J connectivity index is 1.81. The zero-order chi connectivity index (χ0) is 12.3. The van der Waals surface area contributed by atoms with E-state index in [2.05, 4.69) is 20.8 Å². The molecule has 0 bridgehead atoms. The predicted octanol–water partition coefficient (Wildman–Crippen LogP) is 4.17. The maximum absolute atomic E-state index is 5.78. The normalized spacial score (nSPS) is 38.8. The first kappa shape index (κ1) is 13.9. The van der Waals surface area contributed by atoms with Crippen LogP contribution in [0.3, 0.4) is 0 Å². The van der Waals surface area contributed by atoms with Crippen molar-refractivity contribution in [2.24, 2.45) is 17.8 Å². The zero-order valence-corrected chi connectivity index (χ0v) is 13.4. The Morgan fingerprint density at radius 1 is 1.24 bits per heavy atom. The third-order valence-electron chi connectivity index (χ3n) is 4.48. The molecule has 1 saturated heterocycles. The van der Waals surface area contributed by atoms with Crippen molar-refractivity contribution in [1.82, 2.24) is 0 Å². The minimum absolute atomic E-state index is 0.625. The molecule has 1 aliphatic carbocycles. The van der Waals surface area contributed by atoms with Crippen molar-refractivity contribution >= 4 is 15.0 Å². The Morgan fingerprint density at radius 2 is 2.06 bits per heavy atom. The second-order valence-electron chi connectivity index (χ2n) is 6.33. The van der Waals surface area contributed by atoms with Crippen LogP contribution in [0.1, 0.15) is 52.9 Å². The Morgan fingerprint density at radius 3 is 2.71 bits per heavy atom. The zero-order valence-electron chi connectivity index (χ0n) is 11.7. The summed E-state index contributed by atoms with van der Waals surface area (Å²) >= 11 is 0.818. The molecule has 17 heavy (non-hydrogen) atoms. The molecule has 0 aromatic heterocycles. The molecule has 1 saturated carbocycles. The molecule has 0 aromatic carbocycles. The fourth-order valence-corrected chi connectivity index (χ4v) is 7.27. The molecule has 2 heteroatoms. The van der Waals surface area contributed by atoms with Gasteiger partial charge in [-0.2, -0.15) is 0 Å². The third-order valence-corrected chi connectivity index (χ3v) is 7.70. The van der Waals surface area contributed by atoms with Gasteiger partial charge < -0.3 is 0 Å². The topological polar surface area (TPSA) is 9.23 Å². The Bertz CT molecular complexity index is 223. The van der Waals surface area contributed by atoms with Gasteiger partial charge in [-0.25, -0.2) is 0 Å². The van der Waals surface area contributed by atoms with E-state index in [-0.39, 0.29) is 0 Å². The van der Waals surface area contributed by atoms with Gasteiger partial charge in [0.1, 0.15) is 0 Å². The van der Waals surface area contributed by atoms with Crippen molar-refractivity contribution in [3.63, 3.8) is 0 Å². The van der Waals surface area contributed by atoms with Crippen molar-refractivity contribution in [1.29, 1.82) is 0 Å². The molecule has 0 N–H and O–H groups in total. The van der Waals surface area contributed by atoms with Crippen molar-refractivity contribution in [2.75, 3.05) is 6.61 Å².